The van der Waals surface area contributed by atoms with Gasteiger partial charge in [-0.2, -0.15) is 0 Å². The van der Waals surface area contributed by atoms with E-state index in [1.54, 1.807) is 6.20 Å². The Morgan fingerprint density at radius 2 is 2.16 bits per heavy atom. The van der Waals surface area contributed by atoms with E-state index in [0.29, 0.717) is 6.54 Å². The Hall–Kier alpha value is -1.40. The van der Waals surface area contributed by atoms with E-state index in [-0.39, 0.29) is 5.91 Å². The summed E-state index contributed by atoms with van der Waals surface area (Å²) in [6.07, 6.45) is 7.64. The number of nitrogens with one attached hydrogen (secondary N) is 2. The highest BCUT2D eigenvalue weighted by Gasteiger charge is 2.12. The minimum absolute atomic E-state index is 0.143. The first kappa shape index (κ1) is 14.0. The third-order valence-corrected chi connectivity index (χ3v) is 3.30. The lowest BCUT2D eigenvalue weighted by Crippen LogP contribution is -2.47. The number of imidazole rings is 1. The van der Waals surface area contributed by atoms with Crippen LogP contribution in [0.5, 0.6) is 0 Å². The summed E-state index contributed by atoms with van der Waals surface area (Å²) in [5.41, 5.74) is 0. The minimum Gasteiger partial charge on any atom is -0.355 e. The summed E-state index contributed by atoms with van der Waals surface area (Å²) < 4.78 is 2.06. The van der Waals surface area contributed by atoms with Gasteiger partial charge in [-0.1, -0.05) is 0 Å². The van der Waals surface area contributed by atoms with Crippen LogP contribution in [0, 0.1) is 0 Å². The number of hydrogen-bond donors (Lipinski definition) is 2. The molecule has 0 radical (unpaired) electrons. The number of aromatic nitrogens is 2. The van der Waals surface area contributed by atoms with Crippen molar-refractivity contribution in [1.82, 2.24) is 25.1 Å². The highest BCUT2D eigenvalue weighted by atomic mass is 16.2. The number of hydrogen-bond acceptors (Lipinski definition) is 4. The van der Waals surface area contributed by atoms with Gasteiger partial charge >= 0.3 is 0 Å². The highest BCUT2D eigenvalue weighted by Crippen LogP contribution is 1.95. The van der Waals surface area contributed by atoms with Crippen molar-refractivity contribution < 1.29 is 4.79 Å². The predicted molar refractivity (Wildman–Crippen MR) is 73.8 cm³/mol. The maximum absolute atomic E-state index is 11.7. The Kier molecular flexibility index (Phi) is 5.84. The summed E-state index contributed by atoms with van der Waals surface area (Å²) in [7, 11) is 0. The van der Waals surface area contributed by atoms with Crippen molar-refractivity contribution in [2.24, 2.45) is 0 Å². The molecule has 0 unspecified atom stereocenters. The average molecular weight is 265 g/mol. The molecule has 2 rings (SSSR count). The number of nitrogens with zero attached hydrogens (tertiary/aromatic N) is 3. The molecule has 0 aliphatic carbocycles. The summed E-state index contributed by atoms with van der Waals surface area (Å²) in [5.74, 6) is 0.143. The normalized spacial score (nSPS) is 16.4. The van der Waals surface area contributed by atoms with Crippen LogP contribution in [0.15, 0.2) is 18.7 Å². The van der Waals surface area contributed by atoms with E-state index >= 15 is 0 Å². The summed E-state index contributed by atoms with van der Waals surface area (Å²) in [6, 6.07) is 0. The van der Waals surface area contributed by atoms with Crippen molar-refractivity contribution in [3.8, 4) is 0 Å². The van der Waals surface area contributed by atoms with Crippen LogP contribution in [0.1, 0.15) is 12.8 Å². The van der Waals surface area contributed by atoms with Gasteiger partial charge in [0.1, 0.15) is 0 Å². The van der Waals surface area contributed by atoms with E-state index in [1.165, 1.54) is 0 Å². The second kappa shape index (κ2) is 7.91. The fourth-order valence-electron chi connectivity index (χ4n) is 2.19. The van der Waals surface area contributed by atoms with E-state index in [9.17, 15) is 4.79 Å². The van der Waals surface area contributed by atoms with Crippen molar-refractivity contribution in [2.45, 2.75) is 19.4 Å². The van der Waals surface area contributed by atoms with Crippen molar-refractivity contribution in [3.63, 3.8) is 0 Å². The van der Waals surface area contributed by atoms with Crippen LogP contribution >= 0.6 is 0 Å². The molecular formula is C13H23N5O. The zero-order valence-electron chi connectivity index (χ0n) is 11.3. The van der Waals surface area contributed by atoms with E-state index in [2.05, 4.69) is 25.1 Å². The predicted octanol–water partition coefficient (Wildman–Crippen LogP) is -0.315. The van der Waals surface area contributed by atoms with Gasteiger partial charge in [0.05, 0.1) is 12.9 Å². The molecule has 1 saturated heterocycles. The average Bonchev–Trinajstić information content (AvgIpc) is 2.92. The van der Waals surface area contributed by atoms with Crippen LogP contribution in [0.4, 0.5) is 0 Å². The minimum atomic E-state index is 0.143. The van der Waals surface area contributed by atoms with Gasteiger partial charge in [0.25, 0.3) is 0 Å². The van der Waals surface area contributed by atoms with Crippen LogP contribution in [0.2, 0.25) is 0 Å². The third-order valence-electron chi connectivity index (χ3n) is 3.30. The van der Waals surface area contributed by atoms with Crippen molar-refractivity contribution in [2.75, 3.05) is 39.3 Å². The SMILES string of the molecule is O=C(CN1CCNCC1)NCCCCn1ccnc1. The number of unbranched alkanes of at least 4 members (excludes halogenated alkanes) is 1. The number of carbonyl (C=O) groups excluding carboxylic acids is 1. The van der Waals surface area contributed by atoms with Crippen molar-refractivity contribution >= 4 is 5.91 Å². The molecule has 1 fully saturated rings. The lowest BCUT2D eigenvalue weighted by atomic mass is 10.3. The molecule has 1 aromatic heterocycles. The van der Waals surface area contributed by atoms with Crippen LogP contribution in [0.25, 0.3) is 0 Å². The second-order valence-electron chi connectivity index (χ2n) is 4.88. The first-order valence-electron chi connectivity index (χ1n) is 7.00. The van der Waals surface area contributed by atoms with E-state index in [1.807, 2.05) is 12.5 Å². The van der Waals surface area contributed by atoms with Gasteiger partial charge in [-0.25, -0.2) is 4.98 Å². The third kappa shape index (κ3) is 5.40. The van der Waals surface area contributed by atoms with Gasteiger partial charge in [-0.15, -0.1) is 0 Å². The lowest BCUT2D eigenvalue weighted by molar-refractivity contribution is -0.122. The molecular weight excluding hydrogens is 242 g/mol. The zero-order chi connectivity index (χ0) is 13.3. The Labute approximate surface area is 114 Å². The Balaban J connectivity index is 1.49. The Morgan fingerprint density at radius 1 is 1.32 bits per heavy atom. The van der Waals surface area contributed by atoms with E-state index in [4.69, 9.17) is 0 Å². The van der Waals surface area contributed by atoms with Gasteiger partial charge < -0.3 is 15.2 Å². The fourth-order valence-corrected chi connectivity index (χ4v) is 2.19. The lowest BCUT2D eigenvalue weighted by Gasteiger charge is -2.26. The Morgan fingerprint density at radius 3 is 2.89 bits per heavy atom. The number of carbonyl (C=O) groups is 1. The maximum Gasteiger partial charge on any atom is 0.234 e. The molecule has 19 heavy (non-hydrogen) atoms. The van der Waals surface area contributed by atoms with Crippen LogP contribution in [-0.4, -0.2) is 59.6 Å². The highest BCUT2D eigenvalue weighted by molar-refractivity contribution is 5.77. The molecule has 1 aliphatic rings. The molecule has 0 spiro atoms. The summed E-state index contributed by atoms with van der Waals surface area (Å²) >= 11 is 0. The molecule has 0 saturated carbocycles. The van der Waals surface area contributed by atoms with Crippen LogP contribution in [0.3, 0.4) is 0 Å². The summed E-state index contributed by atoms with van der Waals surface area (Å²) in [6.45, 7) is 6.16. The molecule has 1 aromatic rings. The van der Waals surface area contributed by atoms with E-state index < -0.39 is 0 Å². The molecule has 106 valence electrons. The molecule has 0 aromatic carbocycles. The van der Waals surface area contributed by atoms with E-state index in [0.717, 1.165) is 52.1 Å². The topological polar surface area (TPSA) is 62.2 Å². The fraction of sp³-hybridized carbons (Fsp3) is 0.692. The Bertz CT molecular complexity index is 359. The zero-order valence-corrected chi connectivity index (χ0v) is 11.3. The van der Waals surface area contributed by atoms with Crippen LogP contribution in [-0.2, 0) is 11.3 Å². The van der Waals surface area contributed by atoms with Gasteiger partial charge in [0.15, 0.2) is 0 Å². The molecule has 0 atom stereocenters. The standard InChI is InChI=1S/C13H23N5O/c19-13(11-17-8-4-14-5-9-17)16-3-1-2-7-18-10-6-15-12-18/h6,10,12,14H,1-5,7-9,11H2,(H,16,19). The molecule has 6 nitrogen and oxygen atoms in total. The number of rotatable bonds is 7. The number of amides is 1. The van der Waals surface area contributed by atoms with Gasteiger partial charge in [-0.05, 0) is 12.8 Å². The molecule has 1 aliphatic heterocycles. The largest absolute Gasteiger partial charge is 0.355 e. The smallest absolute Gasteiger partial charge is 0.234 e. The van der Waals surface area contributed by atoms with Crippen LogP contribution < -0.4 is 10.6 Å². The molecule has 0 bridgehead atoms. The second-order valence-corrected chi connectivity index (χ2v) is 4.88. The van der Waals surface area contributed by atoms with Crippen molar-refractivity contribution in [3.05, 3.63) is 18.7 Å². The monoisotopic (exact) mass is 265 g/mol. The first-order chi connectivity index (χ1) is 9.34. The van der Waals surface area contributed by atoms with Gasteiger partial charge in [-0.3, -0.25) is 9.69 Å². The van der Waals surface area contributed by atoms with Gasteiger partial charge in [0, 0.05) is 51.7 Å². The number of piperazine rings is 1. The van der Waals surface area contributed by atoms with Gasteiger partial charge in [0.2, 0.25) is 5.91 Å². The summed E-state index contributed by atoms with van der Waals surface area (Å²) in [5, 5.41) is 6.26. The molecule has 2 N–H and O–H groups in total. The molecule has 6 heteroatoms. The summed E-state index contributed by atoms with van der Waals surface area (Å²) in [4.78, 5) is 17.9. The number of aryl methyl sites for hydroxylation is 1. The molecule has 1 amide bonds. The maximum atomic E-state index is 11.7. The molecule has 2 heterocycles. The van der Waals surface area contributed by atoms with Crippen molar-refractivity contribution in [1.29, 1.82) is 0 Å². The first-order valence-corrected chi connectivity index (χ1v) is 7.00. The quantitative estimate of drug-likeness (QED) is 0.664.